The average Bonchev–Trinajstić information content (AvgIpc) is 3.54. The van der Waals surface area contributed by atoms with Crippen LogP contribution in [0.25, 0.3) is 11.0 Å². The Balaban J connectivity index is 1.41. The standard InChI is InChI=1S/C33H40F2N4O7/c1-32(44)29(43)28(19-40)46-30(32)39-26-12-6-5-11-25(26)37-31(39)36-18-22-13-14-24(33(34,35)23-9-3-2-4-10-23)27(17-22)45-16-8-7-15-38(20-41)21-42/h2-6,9-14,17,28-30,40-44H,7-8,15-16,18-21H2,1H3,(H,36,37)/t28-,29-,30-,32?/m1/s1. The van der Waals surface area contributed by atoms with E-state index in [2.05, 4.69) is 10.3 Å². The van der Waals surface area contributed by atoms with Crippen molar-refractivity contribution < 1.29 is 43.8 Å². The fourth-order valence-electron chi connectivity index (χ4n) is 5.62. The number of nitrogens with one attached hydrogen (secondary N) is 1. The van der Waals surface area contributed by atoms with Crippen molar-refractivity contribution in [3.63, 3.8) is 0 Å². The molecule has 6 N–H and O–H groups in total. The van der Waals surface area contributed by atoms with Crippen LogP contribution in [0.15, 0.2) is 72.8 Å². The number of ether oxygens (including phenoxy) is 2. The molecule has 4 aromatic rings. The van der Waals surface area contributed by atoms with Gasteiger partial charge in [-0.3, -0.25) is 9.47 Å². The van der Waals surface area contributed by atoms with Gasteiger partial charge >= 0.3 is 5.92 Å². The van der Waals surface area contributed by atoms with Crippen molar-refractivity contribution in [2.24, 2.45) is 0 Å². The van der Waals surface area contributed by atoms with Gasteiger partial charge in [-0.15, -0.1) is 0 Å². The van der Waals surface area contributed by atoms with Gasteiger partial charge in [-0.25, -0.2) is 4.98 Å². The second kappa shape index (κ2) is 14.4. The van der Waals surface area contributed by atoms with Crippen LogP contribution in [-0.2, 0) is 17.2 Å². The highest BCUT2D eigenvalue weighted by Gasteiger charge is 2.53. The van der Waals surface area contributed by atoms with E-state index in [1.165, 1.54) is 30.0 Å². The summed E-state index contributed by atoms with van der Waals surface area (Å²) in [6, 6.07) is 19.1. The highest BCUT2D eigenvalue weighted by Crippen LogP contribution is 2.43. The zero-order valence-electron chi connectivity index (χ0n) is 25.5. The SMILES string of the molecule is CC1(O)[C@H](O)[C@@H](CO)O[C@H]1n1c(NCc2ccc(C(F)(F)c3ccccc3)c(OCCCCN(CO)CO)c2)nc2ccccc21. The molecule has 0 radical (unpaired) electrons. The second-order valence-corrected chi connectivity index (χ2v) is 11.5. The van der Waals surface area contributed by atoms with E-state index in [0.717, 1.165) is 0 Å². The van der Waals surface area contributed by atoms with Gasteiger partial charge in [-0.2, -0.15) is 8.78 Å². The van der Waals surface area contributed by atoms with E-state index in [4.69, 9.17) is 9.47 Å². The first-order valence-corrected chi connectivity index (χ1v) is 15.1. The highest BCUT2D eigenvalue weighted by atomic mass is 19.3. The molecule has 1 aliphatic rings. The van der Waals surface area contributed by atoms with Crippen molar-refractivity contribution in [2.45, 2.75) is 56.3 Å². The molecule has 0 spiro atoms. The van der Waals surface area contributed by atoms with E-state index >= 15 is 8.78 Å². The third kappa shape index (κ3) is 6.86. The Hall–Kier alpha value is -3.69. The number of aliphatic hydroxyl groups is 5. The number of alkyl halides is 2. The minimum Gasteiger partial charge on any atom is -0.493 e. The summed E-state index contributed by atoms with van der Waals surface area (Å²) < 4.78 is 45.0. The van der Waals surface area contributed by atoms with Crippen LogP contribution in [0.2, 0.25) is 0 Å². The van der Waals surface area contributed by atoms with Crippen molar-refractivity contribution >= 4 is 17.0 Å². The molecule has 0 saturated carbocycles. The van der Waals surface area contributed by atoms with E-state index < -0.39 is 36.6 Å². The summed E-state index contributed by atoms with van der Waals surface area (Å²) in [4.78, 5) is 6.08. The van der Waals surface area contributed by atoms with Crippen LogP contribution in [0.4, 0.5) is 14.7 Å². The van der Waals surface area contributed by atoms with Crippen LogP contribution >= 0.6 is 0 Å². The molecule has 11 nitrogen and oxygen atoms in total. The number of nitrogens with zero attached hydrogens (tertiary/aromatic N) is 3. The summed E-state index contributed by atoms with van der Waals surface area (Å²) in [6.07, 6.45) is -2.38. The molecule has 248 valence electrons. The molecule has 0 bridgehead atoms. The van der Waals surface area contributed by atoms with Crippen LogP contribution in [0.1, 0.15) is 42.7 Å². The van der Waals surface area contributed by atoms with E-state index in [-0.39, 0.29) is 43.5 Å². The van der Waals surface area contributed by atoms with Crippen molar-refractivity contribution in [1.29, 1.82) is 0 Å². The molecule has 5 rings (SSSR count). The average molecular weight is 643 g/mol. The van der Waals surface area contributed by atoms with Crippen molar-refractivity contribution in [1.82, 2.24) is 14.5 Å². The molecule has 1 fully saturated rings. The van der Waals surface area contributed by atoms with E-state index in [1.54, 1.807) is 53.1 Å². The van der Waals surface area contributed by atoms with Gasteiger partial charge in [-0.05, 0) is 49.6 Å². The van der Waals surface area contributed by atoms with Crippen molar-refractivity contribution in [2.75, 3.05) is 38.5 Å². The van der Waals surface area contributed by atoms with Crippen LogP contribution in [0.3, 0.4) is 0 Å². The summed E-state index contributed by atoms with van der Waals surface area (Å²) in [6.45, 7) is 1.05. The molecule has 0 amide bonds. The molecule has 1 aliphatic heterocycles. The van der Waals surface area contributed by atoms with Crippen LogP contribution in [-0.4, -0.2) is 91.0 Å². The Bertz CT molecular complexity index is 1580. The Morgan fingerprint density at radius 2 is 1.74 bits per heavy atom. The number of anilines is 1. The fraction of sp³-hybridized carbons (Fsp3) is 0.424. The summed E-state index contributed by atoms with van der Waals surface area (Å²) in [5, 5.41) is 53.2. The molecule has 1 saturated heterocycles. The van der Waals surface area contributed by atoms with Crippen molar-refractivity contribution in [3.05, 3.63) is 89.5 Å². The fourth-order valence-corrected chi connectivity index (χ4v) is 5.62. The number of hydrogen-bond donors (Lipinski definition) is 6. The number of unbranched alkanes of at least 4 members (excludes halogenated alkanes) is 1. The third-order valence-corrected chi connectivity index (χ3v) is 8.26. The van der Waals surface area contributed by atoms with Gasteiger partial charge in [0.1, 0.15) is 23.6 Å². The Labute approximate surface area is 265 Å². The van der Waals surface area contributed by atoms with E-state index in [1.807, 2.05) is 6.07 Å². The number of para-hydroxylation sites is 2. The molecule has 3 aromatic carbocycles. The van der Waals surface area contributed by atoms with Crippen LogP contribution in [0, 0.1) is 0 Å². The van der Waals surface area contributed by atoms with Gasteiger partial charge in [0.15, 0.2) is 6.23 Å². The molecule has 46 heavy (non-hydrogen) atoms. The quantitative estimate of drug-likeness (QED) is 0.0843. The number of aromatic nitrogens is 2. The normalized spacial score (nSPS) is 21.7. The summed E-state index contributed by atoms with van der Waals surface area (Å²) in [5.74, 6) is -3.02. The maximum Gasteiger partial charge on any atom is 0.302 e. The smallest absolute Gasteiger partial charge is 0.302 e. The number of benzene rings is 3. The summed E-state index contributed by atoms with van der Waals surface area (Å²) in [5.41, 5.74) is -0.405. The first kappa shape index (κ1) is 33.7. The lowest BCUT2D eigenvalue weighted by molar-refractivity contribution is -0.0939. The first-order chi connectivity index (χ1) is 22.1. The molecular weight excluding hydrogens is 602 g/mol. The molecule has 13 heteroatoms. The van der Waals surface area contributed by atoms with Gasteiger partial charge in [0, 0.05) is 18.7 Å². The summed E-state index contributed by atoms with van der Waals surface area (Å²) in [7, 11) is 0. The van der Waals surface area contributed by atoms with Gasteiger partial charge in [0.05, 0.1) is 43.3 Å². The lowest BCUT2D eigenvalue weighted by Gasteiger charge is -2.29. The number of fused-ring (bicyclic) bond motifs is 1. The highest BCUT2D eigenvalue weighted by molar-refractivity contribution is 5.79. The maximum absolute atomic E-state index is 15.8. The molecule has 2 heterocycles. The predicted octanol–water partition coefficient (Wildman–Crippen LogP) is 3.15. The second-order valence-electron chi connectivity index (χ2n) is 11.5. The van der Waals surface area contributed by atoms with Gasteiger partial charge in [0.25, 0.3) is 0 Å². The van der Waals surface area contributed by atoms with Gasteiger partial charge in [-0.1, -0.05) is 48.5 Å². The molecular formula is C33H40F2N4O7. The zero-order chi connectivity index (χ0) is 32.9. The Kier molecular flexibility index (Phi) is 10.5. The third-order valence-electron chi connectivity index (χ3n) is 8.26. The largest absolute Gasteiger partial charge is 0.493 e. The Morgan fingerprint density at radius 3 is 2.43 bits per heavy atom. The molecule has 1 unspecified atom stereocenters. The lowest BCUT2D eigenvalue weighted by atomic mass is 9.96. The van der Waals surface area contributed by atoms with Crippen molar-refractivity contribution in [3.8, 4) is 5.75 Å². The minimum atomic E-state index is -3.34. The number of halogens is 2. The Morgan fingerprint density at radius 1 is 1.02 bits per heavy atom. The zero-order valence-corrected chi connectivity index (χ0v) is 25.5. The predicted molar refractivity (Wildman–Crippen MR) is 166 cm³/mol. The first-order valence-electron chi connectivity index (χ1n) is 15.1. The van der Waals surface area contributed by atoms with Crippen LogP contribution < -0.4 is 10.1 Å². The number of rotatable bonds is 15. The number of imidazole rings is 1. The molecule has 1 aromatic heterocycles. The molecule has 0 aliphatic carbocycles. The molecule has 4 atom stereocenters. The maximum atomic E-state index is 15.8. The minimum absolute atomic E-state index is 0.0128. The number of aliphatic hydroxyl groups excluding tert-OH is 4. The van der Waals surface area contributed by atoms with Gasteiger partial charge < -0.3 is 40.3 Å². The number of hydrogen-bond acceptors (Lipinski definition) is 10. The van der Waals surface area contributed by atoms with Gasteiger partial charge in [0.2, 0.25) is 5.95 Å². The van der Waals surface area contributed by atoms with E-state index in [0.29, 0.717) is 41.9 Å². The monoisotopic (exact) mass is 642 g/mol. The van der Waals surface area contributed by atoms with Crippen LogP contribution in [0.5, 0.6) is 5.75 Å². The summed E-state index contributed by atoms with van der Waals surface area (Å²) >= 11 is 0. The topological polar surface area (TPSA) is 153 Å². The lowest BCUT2D eigenvalue weighted by Crippen LogP contribution is -2.44. The van der Waals surface area contributed by atoms with E-state index in [9.17, 15) is 25.5 Å².